The molecule has 0 radical (unpaired) electrons. The summed E-state index contributed by atoms with van der Waals surface area (Å²) in [5.41, 5.74) is 0.665. The predicted octanol–water partition coefficient (Wildman–Crippen LogP) is 3.24. The molecule has 0 saturated carbocycles. The molecule has 0 saturated heterocycles. The topological polar surface area (TPSA) is 65.0 Å². The molecule has 2 atom stereocenters. The summed E-state index contributed by atoms with van der Waals surface area (Å²) in [5, 5.41) is 9.69. The van der Waals surface area contributed by atoms with Gasteiger partial charge in [0.05, 0.1) is 27.2 Å². The fraction of sp³-hybridized carbons (Fsp3) is 0.471. The number of ether oxygens (including phenoxy) is 3. The molecule has 0 spiro atoms. The van der Waals surface area contributed by atoms with E-state index in [-0.39, 0.29) is 5.92 Å². The lowest BCUT2D eigenvalue weighted by Crippen LogP contribution is -2.21. The first kappa shape index (κ1) is 16.2. The lowest BCUT2D eigenvalue weighted by molar-refractivity contribution is -0.139. The molecule has 2 rings (SSSR count). The fourth-order valence-corrected chi connectivity index (χ4v) is 2.97. The molecule has 0 bridgehead atoms. The molecule has 1 aliphatic rings. The fourth-order valence-electron chi connectivity index (χ4n) is 2.97. The van der Waals surface area contributed by atoms with Gasteiger partial charge in [0.1, 0.15) is 0 Å². The highest BCUT2D eigenvalue weighted by molar-refractivity contribution is 5.78. The van der Waals surface area contributed by atoms with Crippen LogP contribution in [-0.2, 0) is 4.79 Å². The number of hydrogen-bond acceptors (Lipinski definition) is 4. The van der Waals surface area contributed by atoms with Crippen LogP contribution in [0.1, 0.15) is 30.7 Å². The number of carboxylic acids is 1. The molecule has 0 unspecified atom stereocenters. The number of aliphatic carboxylic acids is 1. The molecule has 5 nitrogen and oxygen atoms in total. The number of allylic oxidation sites excluding steroid dienone is 2. The van der Waals surface area contributed by atoms with E-state index in [1.54, 1.807) is 12.1 Å². The van der Waals surface area contributed by atoms with Crippen molar-refractivity contribution in [2.45, 2.75) is 25.2 Å². The standard InChI is InChI=1S/C17H22O5/c1-20-13-9-12(10-14(21-2)16(13)22-3)15(17(18)19)11-7-5-4-6-8-11/h5,7,9-11,15H,4,6,8H2,1-3H3,(H,18,19)/t11-,15+/m1/s1. The van der Waals surface area contributed by atoms with Crippen molar-refractivity contribution >= 4 is 5.97 Å². The lowest BCUT2D eigenvalue weighted by atomic mass is 9.80. The van der Waals surface area contributed by atoms with Crippen LogP contribution in [0.4, 0.5) is 0 Å². The number of hydrogen-bond donors (Lipinski definition) is 1. The third kappa shape index (κ3) is 3.18. The summed E-state index contributed by atoms with van der Waals surface area (Å²) in [6.07, 6.45) is 6.95. The molecule has 0 heterocycles. The minimum atomic E-state index is -0.842. The van der Waals surface area contributed by atoms with Crippen molar-refractivity contribution < 1.29 is 24.1 Å². The van der Waals surface area contributed by atoms with Gasteiger partial charge in [-0.15, -0.1) is 0 Å². The van der Waals surface area contributed by atoms with Crippen molar-refractivity contribution in [1.29, 1.82) is 0 Å². The molecule has 1 aromatic rings. The van der Waals surface area contributed by atoms with Gasteiger partial charge in [0.2, 0.25) is 5.75 Å². The summed E-state index contributed by atoms with van der Waals surface area (Å²) >= 11 is 0. The van der Waals surface area contributed by atoms with Gasteiger partial charge in [0.25, 0.3) is 0 Å². The summed E-state index contributed by atoms with van der Waals surface area (Å²) in [6, 6.07) is 3.45. The van der Waals surface area contributed by atoms with E-state index in [1.165, 1.54) is 21.3 Å². The van der Waals surface area contributed by atoms with Crippen LogP contribution in [-0.4, -0.2) is 32.4 Å². The Morgan fingerprint density at radius 3 is 2.23 bits per heavy atom. The maximum atomic E-state index is 11.8. The molecule has 1 N–H and O–H groups in total. The highest BCUT2D eigenvalue weighted by Crippen LogP contribution is 2.42. The normalized spacial score (nSPS) is 18.6. The SMILES string of the molecule is COc1cc([C@@H](C(=O)O)[C@@H]2C=CCCC2)cc(OC)c1OC. The van der Waals surface area contributed by atoms with Crippen LogP contribution in [0, 0.1) is 5.92 Å². The van der Waals surface area contributed by atoms with Gasteiger partial charge in [0, 0.05) is 0 Å². The van der Waals surface area contributed by atoms with Crippen molar-refractivity contribution in [1.82, 2.24) is 0 Å². The zero-order chi connectivity index (χ0) is 16.1. The van der Waals surface area contributed by atoms with E-state index in [2.05, 4.69) is 6.08 Å². The van der Waals surface area contributed by atoms with Gasteiger partial charge in [-0.05, 0) is 42.9 Å². The second kappa shape index (κ2) is 7.20. The van der Waals surface area contributed by atoms with E-state index in [4.69, 9.17) is 14.2 Å². The Balaban J connectivity index is 2.49. The molecule has 0 aromatic heterocycles. The van der Waals surface area contributed by atoms with Crippen molar-refractivity contribution in [2.75, 3.05) is 21.3 Å². The van der Waals surface area contributed by atoms with Crippen LogP contribution in [0.2, 0.25) is 0 Å². The van der Waals surface area contributed by atoms with Crippen LogP contribution in [0.3, 0.4) is 0 Å². The number of rotatable bonds is 6. The lowest BCUT2D eigenvalue weighted by Gasteiger charge is -2.25. The zero-order valence-corrected chi connectivity index (χ0v) is 13.2. The molecular formula is C17H22O5. The van der Waals surface area contributed by atoms with E-state index < -0.39 is 11.9 Å². The van der Waals surface area contributed by atoms with Crippen molar-refractivity contribution in [3.63, 3.8) is 0 Å². The molecule has 1 aromatic carbocycles. The van der Waals surface area contributed by atoms with Gasteiger partial charge in [-0.1, -0.05) is 12.2 Å². The smallest absolute Gasteiger partial charge is 0.311 e. The van der Waals surface area contributed by atoms with Gasteiger partial charge in [-0.3, -0.25) is 4.79 Å². The van der Waals surface area contributed by atoms with Crippen molar-refractivity contribution in [3.05, 3.63) is 29.8 Å². The van der Waals surface area contributed by atoms with E-state index in [0.717, 1.165) is 19.3 Å². The summed E-state index contributed by atoms with van der Waals surface area (Å²) in [6.45, 7) is 0. The molecule has 0 amide bonds. The first-order chi connectivity index (χ1) is 10.6. The van der Waals surface area contributed by atoms with Crippen LogP contribution < -0.4 is 14.2 Å². The molecule has 120 valence electrons. The first-order valence-electron chi connectivity index (χ1n) is 7.31. The van der Waals surface area contributed by atoms with Crippen LogP contribution >= 0.6 is 0 Å². The third-order valence-corrected chi connectivity index (χ3v) is 4.03. The molecule has 22 heavy (non-hydrogen) atoms. The first-order valence-corrected chi connectivity index (χ1v) is 7.31. The number of carbonyl (C=O) groups is 1. The zero-order valence-electron chi connectivity index (χ0n) is 13.2. The average molecular weight is 306 g/mol. The van der Waals surface area contributed by atoms with E-state index >= 15 is 0 Å². The summed E-state index contributed by atoms with van der Waals surface area (Å²) in [5.74, 6) is -0.0620. The van der Waals surface area contributed by atoms with Gasteiger partial charge < -0.3 is 19.3 Å². The maximum Gasteiger partial charge on any atom is 0.311 e. The number of methoxy groups -OCH3 is 3. The average Bonchev–Trinajstić information content (AvgIpc) is 2.54. The Morgan fingerprint density at radius 2 is 1.82 bits per heavy atom. The minimum absolute atomic E-state index is 0.0194. The van der Waals surface area contributed by atoms with E-state index in [9.17, 15) is 9.90 Å². The number of carboxylic acid groups (broad SMARTS) is 1. The Bertz CT molecular complexity index is 539. The van der Waals surface area contributed by atoms with Crippen LogP contribution in [0.25, 0.3) is 0 Å². The Labute approximate surface area is 130 Å². The van der Waals surface area contributed by atoms with Gasteiger partial charge in [-0.25, -0.2) is 0 Å². The summed E-state index contributed by atoms with van der Waals surface area (Å²) in [4.78, 5) is 11.8. The molecule has 5 heteroatoms. The van der Waals surface area contributed by atoms with Gasteiger partial charge >= 0.3 is 5.97 Å². The Kier molecular flexibility index (Phi) is 5.31. The quantitative estimate of drug-likeness (QED) is 0.817. The second-order valence-corrected chi connectivity index (χ2v) is 5.30. The second-order valence-electron chi connectivity index (χ2n) is 5.30. The largest absolute Gasteiger partial charge is 0.493 e. The summed E-state index contributed by atoms with van der Waals surface area (Å²) < 4.78 is 15.9. The Hall–Kier alpha value is -2.17. The monoisotopic (exact) mass is 306 g/mol. The molecule has 0 fully saturated rings. The number of benzene rings is 1. The van der Waals surface area contributed by atoms with E-state index in [1.807, 2.05) is 6.08 Å². The van der Waals surface area contributed by atoms with Crippen molar-refractivity contribution in [2.24, 2.45) is 5.92 Å². The molecule has 1 aliphatic carbocycles. The van der Waals surface area contributed by atoms with Crippen LogP contribution in [0.5, 0.6) is 17.2 Å². The van der Waals surface area contributed by atoms with Gasteiger partial charge in [0.15, 0.2) is 11.5 Å². The molecular weight excluding hydrogens is 284 g/mol. The predicted molar refractivity (Wildman–Crippen MR) is 83.0 cm³/mol. The van der Waals surface area contributed by atoms with Gasteiger partial charge in [-0.2, -0.15) is 0 Å². The van der Waals surface area contributed by atoms with Crippen LogP contribution in [0.15, 0.2) is 24.3 Å². The highest BCUT2D eigenvalue weighted by atomic mass is 16.5. The molecule has 0 aliphatic heterocycles. The van der Waals surface area contributed by atoms with E-state index in [0.29, 0.717) is 22.8 Å². The highest BCUT2D eigenvalue weighted by Gasteiger charge is 2.30. The Morgan fingerprint density at radius 1 is 1.18 bits per heavy atom. The minimum Gasteiger partial charge on any atom is -0.493 e. The third-order valence-electron chi connectivity index (χ3n) is 4.03. The summed E-state index contributed by atoms with van der Waals surface area (Å²) in [7, 11) is 4.58. The van der Waals surface area contributed by atoms with Crippen molar-refractivity contribution in [3.8, 4) is 17.2 Å². The maximum absolute atomic E-state index is 11.8.